The molecule has 1 aliphatic heterocycles. The second-order valence-electron chi connectivity index (χ2n) is 3.79. The Morgan fingerprint density at radius 1 is 1.44 bits per heavy atom. The predicted molar refractivity (Wildman–Crippen MR) is 58.0 cm³/mol. The molecule has 1 aliphatic rings. The predicted octanol–water partition coefficient (Wildman–Crippen LogP) is 2.01. The van der Waals surface area contributed by atoms with Crippen LogP contribution in [-0.4, -0.2) is 14.5 Å². The van der Waals surface area contributed by atoms with E-state index in [-0.39, 0.29) is 10.6 Å². The molecule has 2 aromatic rings. The summed E-state index contributed by atoms with van der Waals surface area (Å²) in [6, 6.07) is 4.98. The number of imidazole rings is 1. The Hall–Kier alpha value is -2.17. The fourth-order valence-electron chi connectivity index (χ4n) is 2.08. The molecule has 0 saturated carbocycles. The van der Waals surface area contributed by atoms with Gasteiger partial charge in [-0.3, -0.25) is 10.1 Å². The Balaban J connectivity index is 2.22. The van der Waals surface area contributed by atoms with E-state index in [0.29, 0.717) is 0 Å². The molecular weight excluding hydrogens is 206 g/mol. The average Bonchev–Trinajstić information content (AvgIpc) is 2.76. The molecule has 0 fully saturated rings. The number of nitro groups is 1. The third-order valence-electron chi connectivity index (χ3n) is 2.88. The zero-order valence-electron chi connectivity index (χ0n) is 8.46. The van der Waals surface area contributed by atoms with Gasteiger partial charge in [0.1, 0.15) is 5.82 Å². The fourth-order valence-corrected chi connectivity index (χ4v) is 2.08. The zero-order chi connectivity index (χ0) is 11.1. The van der Waals surface area contributed by atoms with Crippen molar-refractivity contribution in [2.45, 2.75) is 13.0 Å². The maximum atomic E-state index is 10.7. The van der Waals surface area contributed by atoms with Gasteiger partial charge in [0.05, 0.1) is 4.92 Å². The minimum atomic E-state index is -0.373. The van der Waals surface area contributed by atoms with Gasteiger partial charge in [0, 0.05) is 36.6 Å². The first kappa shape index (κ1) is 9.08. The van der Waals surface area contributed by atoms with Gasteiger partial charge in [-0.25, -0.2) is 4.98 Å². The Kier molecular flexibility index (Phi) is 1.80. The molecule has 0 saturated heterocycles. The van der Waals surface area contributed by atoms with E-state index < -0.39 is 0 Å². The van der Waals surface area contributed by atoms with Gasteiger partial charge < -0.3 is 4.57 Å². The lowest BCUT2D eigenvalue weighted by Gasteiger charge is -2.17. The number of benzene rings is 1. The third kappa shape index (κ3) is 1.21. The van der Waals surface area contributed by atoms with Crippen molar-refractivity contribution in [3.8, 4) is 11.4 Å². The van der Waals surface area contributed by atoms with Gasteiger partial charge in [-0.05, 0) is 12.0 Å². The summed E-state index contributed by atoms with van der Waals surface area (Å²) in [4.78, 5) is 14.6. The molecule has 0 bridgehead atoms. The second kappa shape index (κ2) is 3.16. The highest BCUT2D eigenvalue weighted by Gasteiger charge is 2.19. The summed E-state index contributed by atoms with van der Waals surface area (Å²) < 4.78 is 2.02. The minimum Gasteiger partial charge on any atom is -0.331 e. The van der Waals surface area contributed by atoms with Crippen molar-refractivity contribution in [3.05, 3.63) is 46.3 Å². The van der Waals surface area contributed by atoms with E-state index in [9.17, 15) is 10.1 Å². The first-order valence-electron chi connectivity index (χ1n) is 5.04. The van der Waals surface area contributed by atoms with Crippen molar-refractivity contribution < 1.29 is 4.92 Å². The molecule has 2 heterocycles. The summed E-state index contributed by atoms with van der Waals surface area (Å²) in [5.74, 6) is 0.824. The van der Waals surface area contributed by atoms with Crippen molar-refractivity contribution in [3.63, 3.8) is 0 Å². The second-order valence-corrected chi connectivity index (χ2v) is 3.79. The van der Waals surface area contributed by atoms with E-state index in [1.807, 2.05) is 16.8 Å². The van der Waals surface area contributed by atoms with Gasteiger partial charge in [0.15, 0.2) is 0 Å². The molecule has 5 nitrogen and oxygen atoms in total. The highest BCUT2D eigenvalue weighted by atomic mass is 16.6. The van der Waals surface area contributed by atoms with Crippen molar-refractivity contribution >= 4 is 5.69 Å². The first-order valence-corrected chi connectivity index (χ1v) is 5.04. The van der Waals surface area contributed by atoms with Gasteiger partial charge in [0.25, 0.3) is 5.69 Å². The van der Waals surface area contributed by atoms with Crippen LogP contribution in [0, 0.1) is 10.1 Å². The summed E-state index contributed by atoms with van der Waals surface area (Å²) in [6.45, 7) is 0.889. The number of aryl methyl sites for hydroxylation is 2. The fraction of sp³-hybridized carbons (Fsp3) is 0.182. The molecule has 3 rings (SSSR count). The van der Waals surface area contributed by atoms with Crippen LogP contribution in [0.15, 0.2) is 30.6 Å². The highest BCUT2D eigenvalue weighted by Crippen LogP contribution is 2.30. The number of rotatable bonds is 1. The lowest BCUT2D eigenvalue weighted by Crippen LogP contribution is -2.10. The van der Waals surface area contributed by atoms with E-state index in [2.05, 4.69) is 4.98 Å². The molecule has 0 unspecified atom stereocenters. The highest BCUT2D eigenvalue weighted by molar-refractivity contribution is 5.65. The number of non-ortho nitro benzene ring substituents is 1. The lowest BCUT2D eigenvalue weighted by atomic mass is 10.00. The van der Waals surface area contributed by atoms with Crippen LogP contribution in [0.25, 0.3) is 11.4 Å². The van der Waals surface area contributed by atoms with Gasteiger partial charge in [-0.2, -0.15) is 0 Å². The van der Waals surface area contributed by atoms with Crippen LogP contribution in [0.1, 0.15) is 5.56 Å². The van der Waals surface area contributed by atoms with Gasteiger partial charge >= 0.3 is 0 Å². The molecule has 0 N–H and O–H groups in total. The van der Waals surface area contributed by atoms with Crippen molar-refractivity contribution in [1.82, 2.24) is 9.55 Å². The number of nitro benzene ring substituents is 1. The minimum absolute atomic E-state index is 0.121. The van der Waals surface area contributed by atoms with E-state index in [0.717, 1.165) is 29.9 Å². The topological polar surface area (TPSA) is 61.0 Å². The van der Waals surface area contributed by atoms with E-state index in [1.165, 1.54) is 0 Å². The van der Waals surface area contributed by atoms with Gasteiger partial charge in [-0.1, -0.05) is 6.07 Å². The smallest absolute Gasteiger partial charge is 0.270 e. The van der Waals surface area contributed by atoms with Crippen LogP contribution in [0.2, 0.25) is 0 Å². The summed E-state index contributed by atoms with van der Waals surface area (Å²) in [7, 11) is 0. The van der Waals surface area contributed by atoms with Gasteiger partial charge in [-0.15, -0.1) is 0 Å². The molecule has 80 valence electrons. The standard InChI is InChI=1S/C11H9N3O2/c15-14(16)9-2-1-8-3-5-13-6-4-12-11(13)10(8)7-9/h1-2,4,6-7H,3,5H2. The molecule has 0 atom stereocenters. The summed E-state index contributed by atoms with van der Waals surface area (Å²) in [5.41, 5.74) is 2.13. The van der Waals surface area contributed by atoms with Gasteiger partial charge in [0.2, 0.25) is 0 Å². The molecular formula is C11H9N3O2. The van der Waals surface area contributed by atoms with Crippen LogP contribution in [-0.2, 0) is 13.0 Å². The molecule has 0 radical (unpaired) electrons. The van der Waals surface area contributed by atoms with E-state index in [4.69, 9.17) is 0 Å². The first-order chi connectivity index (χ1) is 7.75. The van der Waals surface area contributed by atoms with Crippen LogP contribution < -0.4 is 0 Å². The monoisotopic (exact) mass is 215 g/mol. The lowest BCUT2D eigenvalue weighted by molar-refractivity contribution is -0.384. The maximum Gasteiger partial charge on any atom is 0.270 e. The van der Waals surface area contributed by atoms with Crippen molar-refractivity contribution in [2.24, 2.45) is 0 Å². The Labute approximate surface area is 91.5 Å². The normalized spacial score (nSPS) is 13.0. The molecule has 1 aromatic heterocycles. The van der Waals surface area contributed by atoms with Crippen LogP contribution in [0.3, 0.4) is 0 Å². The Morgan fingerprint density at radius 2 is 2.31 bits per heavy atom. The Morgan fingerprint density at radius 3 is 3.12 bits per heavy atom. The summed E-state index contributed by atoms with van der Waals surface area (Å²) in [6.07, 6.45) is 4.52. The zero-order valence-corrected chi connectivity index (χ0v) is 8.46. The van der Waals surface area contributed by atoms with Crippen LogP contribution in [0.4, 0.5) is 5.69 Å². The van der Waals surface area contributed by atoms with Crippen LogP contribution >= 0.6 is 0 Å². The quantitative estimate of drug-likeness (QED) is 0.540. The Bertz CT molecular complexity index is 574. The van der Waals surface area contributed by atoms with E-state index >= 15 is 0 Å². The molecule has 1 aromatic carbocycles. The number of nitrogens with zero attached hydrogens (tertiary/aromatic N) is 3. The number of hydrogen-bond acceptors (Lipinski definition) is 3. The SMILES string of the molecule is O=[N+]([O-])c1ccc2c(c1)-c1nccn1CC2. The molecule has 0 amide bonds. The molecule has 5 heteroatoms. The van der Waals surface area contributed by atoms with E-state index in [1.54, 1.807) is 18.3 Å². The van der Waals surface area contributed by atoms with Crippen molar-refractivity contribution in [1.29, 1.82) is 0 Å². The number of hydrogen-bond donors (Lipinski definition) is 0. The largest absolute Gasteiger partial charge is 0.331 e. The number of fused-ring (bicyclic) bond motifs is 3. The number of aromatic nitrogens is 2. The summed E-state index contributed by atoms with van der Waals surface area (Å²) >= 11 is 0. The molecule has 0 aliphatic carbocycles. The average molecular weight is 215 g/mol. The summed E-state index contributed by atoms with van der Waals surface area (Å²) in [5, 5.41) is 10.7. The third-order valence-corrected chi connectivity index (χ3v) is 2.88. The molecule has 16 heavy (non-hydrogen) atoms. The van der Waals surface area contributed by atoms with Crippen LogP contribution in [0.5, 0.6) is 0 Å². The maximum absolute atomic E-state index is 10.7. The molecule has 0 spiro atoms. The van der Waals surface area contributed by atoms with Crippen molar-refractivity contribution in [2.75, 3.05) is 0 Å².